The molecule has 4 aromatic heterocycles. The molecule has 13 heteroatoms. The van der Waals surface area contributed by atoms with Gasteiger partial charge in [-0.05, 0) is 18.9 Å². The third-order valence-corrected chi connectivity index (χ3v) is 9.23. The van der Waals surface area contributed by atoms with E-state index in [-0.39, 0.29) is 23.1 Å². The normalized spacial score (nSPS) is 19.8. The second-order valence-corrected chi connectivity index (χ2v) is 11.6. The van der Waals surface area contributed by atoms with Crippen LogP contribution in [-0.4, -0.2) is 54.3 Å². The first-order chi connectivity index (χ1) is 19.0. The molecule has 0 unspecified atom stereocenters. The Morgan fingerprint density at radius 3 is 2.79 bits per heavy atom. The van der Waals surface area contributed by atoms with E-state index in [9.17, 15) is 9.59 Å². The Hall–Kier alpha value is -3.52. The van der Waals surface area contributed by atoms with Gasteiger partial charge in [-0.1, -0.05) is 12.8 Å². The smallest absolute Gasteiger partial charge is 0.254 e. The van der Waals surface area contributed by atoms with Crippen molar-refractivity contribution in [1.82, 2.24) is 9.97 Å². The highest BCUT2D eigenvalue weighted by Gasteiger charge is 2.24. The van der Waals surface area contributed by atoms with Crippen LogP contribution in [0.4, 0.5) is 22.5 Å². The minimum absolute atomic E-state index is 0.0262. The molecule has 1 aliphatic carbocycles. The Morgan fingerprint density at radius 1 is 1.18 bits per heavy atom. The molecule has 6 N–H and O–H groups in total. The van der Waals surface area contributed by atoms with Crippen LogP contribution in [0.5, 0.6) is 0 Å². The lowest BCUT2D eigenvalue weighted by molar-refractivity contribution is 0.100. The Bertz CT molecular complexity index is 1560. The van der Waals surface area contributed by atoms with Crippen LogP contribution in [0.25, 0.3) is 20.7 Å². The fourth-order valence-corrected chi connectivity index (χ4v) is 7.06. The average molecular weight is 568 g/mol. The molecule has 204 valence electrons. The van der Waals surface area contributed by atoms with E-state index in [2.05, 4.69) is 25.5 Å². The van der Waals surface area contributed by atoms with Gasteiger partial charge in [-0.25, -0.2) is 4.98 Å². The van der Waals surface area contributed by atoms with Crippen molar-refractivity contribution in [2.45, 2.75) is 37.8 Å². The maximum Gasteiger partial charge on any atom is 0.254 e. The molecule has 0 radical (unpaired) electrons. The van der Waals surface area contributed by atoms with Crippen LogP contribution in [0.1, 0.15) is 36.0 Å². The maximum atomic E-state index is 12.8. The number of rotatable bonds is 7. The first-order valence-corrected chi connectivity index (χ1v) is 14.6. The molecule has 4 aromatic rings. The largest absolute Gasteiger partial charge is 0.459 e. The number of hydrogen-bond acceptors (Lipinski definition) is 12. The number of nitrogens with two attached hydrogens (primary N) is 2. The molecule has 0 aromatic carbocycles. The molecule has 0 bridgehead atoms. The van der Waals surface area contributed by atoms with Crippen molar-refractivity contribution < 1.29 is 13.9 Å². The number of ether oxygens (including phenoxy) is 1. The van der Waals surface area contributed by atoms with E-state index in [1.807, 2.05) is 11.4 Å². The molecule has 5 heterocycles. The second kappa shape index (κ2) is 10.9. The Morgan fingerprint density at radius 2 is 2.00 bits per heavy atom. The average Bonchev–Trinajstić information content (AvgIpc) is 3.58. The minimum atomic E-state index is -0.630. The molecule has 0 spiro atoms. The van der Waals surface area contributed by atoms with Gasteiger partial charge < -0.3 is 36.2 Å². The fourth-order valence-electron chi connectivity index (χ4n) is 4.95. The van der Waals surface area contributed by atoms with E-state index in [1.165, 1.54) is 28.9 Å². The standard InChI is InChI=1S/C26H29N7O4S2/c27-17-3-1-2-4-18(17)31-26-29-11-15(24(28)35)25(32-26)30-14-9-20(38-13-14)16-12-37-22-19(34)10-21(39-23(16)22)33-5-7-36-8-6-33/h9-13,17-18H,1-8,27H2,(H2,28,35)(H2,29,30,31,32)/t17-,18+/m1/s1. The number of thiophene rings is 1. The molecule has 1 saturated carbocycles. The number of primary amides is 1. The van der Waals surface area contributed by atoms with Gasteiger partial charge in [-0.3, -0.25) is 9.59 Å². The van der Waals surface area contributed by atoms with Gasteiger partial charge in [-0.2, -0.15) is 4.98 Å². The summed E-state index contributed by atoms with van der Waals surface area (Å²) in [5.41, 5.74) is 13.8. The monoisotopic (exact) mass is 567 g/mol. The second-order valence-electron chi connectivity index (χ2n) is 9.70. The van der Waals surface area contributed by atoms with Crippen molar-refractivity contribution in [2.24, 2.45) is 11.5 Å². The predicted molar refractivity (Wildman–Crippen MR) is 154 cm³/mol. The molecular formula is C26H29N7O4S2. The van der Waals surface area contributed by atoms with Gasteiger partial charge in [0.05, 0.1) is 28.6 Å². The van der Waals surface area contributed by atoms with Crippen LogP contribution in [0, 0.1) is 0 Å². The Balaban J connectivity index is 1.28. The fraction of sp³-hybridized carbons (Fsp3) is 0.385. The van der Waals surface area contributed by atoms with Crippen molar-refractivity contribution in [3.05, 3.63) is 45.8 Å². The SMILES string of the molecule is NC(=O)c1cnc(N[C@H]2CCCC[C@H]2N)nc1Nc1csc(-c2coc3c(=O)cc(N4CCOCC4)sc23)c1. The van der Waals surface area contributed by atoms with E-state index in [0.29, 0.717) is 30.6 Å². The van der Waals surface area contributed by atoms with Crippen molar-refractivity contribution in [3.63, 3.8) is 0 Å². The van der Waals surface area contributed by atoms with Crippen LogP contribution >= 0.6 is 22.7 Å². The van der Waals surface area contributed by atoms with Gasteiger partial charge in [0.25, 0.3) is 5.91 Å². The number of morpholine rings is 1. The summed E-state index contributed by atoms with van der Waals surface area (Å²) in [5, 5.41) is 9.36. The summed E-state index contributed by atoms with van der Waals surface area (Å²) < 4.78 is 11.9. The zero-order chi connectivity index (χ0) is 26.9. The van der Waals surface area contributed by atoms with E-state index in [0.717, 1.165) is 64.6 Å². The van der Waals surface area contributed by atoms with Crippen LogP contribution < -0.4 is 32.4 Å². The Kier molecular flexibility index (Phi) is 7.21. The van der Waals surface area contributed by atoms with E-state index in [1.54, 1.807) is 12.3 Å². The lowest BCUT2D eigenvalue weighted by Gasteiger charge is -2.29. The third kappa shape index (κ3) is 5.35. The van der Waals surface area contributed by atoms with Crippen molar-refractivity contribution >= 4 is 61.3 Å². The molecule has 11 nitrogen and oxygen atoms in total. The van der Waals surface area contributed by atoms with Gasteiger partial charge in [0, 0.05) is 53.3 Å². The number of hydrogen-bond donors (Lipinski definition) is 4. The number of fused-ring (bicyclic) bond motifs is 1. The molecule has 2 fully saturated rings. The number of amides is 1. The van der Waals surface area contributed by atoms with Crippen LogP contribution in [0.2, 0.25) is 0 Å². The van der Waals surface area contributed by atoms with Gasteiger partial charge in [0.1, 0.15) is 17.6 Å². The van der Waals surface area contributed by atoms with Crippen molar-refractivity contribution in [1.29, 1.82) is 0 Å². The minimum Gasteiger partial charge on any atom is -0.459 e. The molecule has 39 heavy (non-hydrogen) atoms. The van der Waals surface area contributed by atoms with Gasteiger partial charge >= 0.3 is 0 Å². The highest BCUT2D eigenvalue weighted by molar-refractivity contribution is 7.23. The topological polar surface area (TPSA) is 162 Å². The lowest BCUT2D eigenvalue weighted by Crippen LogP contribution is -2.43. The van der Waals surface area contributed by atoms with Crippen molar-refractivity contribution in [2.75, 3.05) is 41.8 Å². The highest BCUT2D eigenvalue weighted by atomic mass is 32.1. The summed E-state index contributed by atoms with van der Waals surface area (Å²) in [6, 6.07) is 3.67. The maximum absolute atomic E-state index is 12.8. The zero-order valence-electron chi connectivity index (χ0n) is 21.1. The highest BCUT2D eigenvalue weighted by Crippen LogP contribution is 2.40. The van der Waals surface area contributed by atoms with Crippen LogP contribution in [0.15, 0.2) is 39.2 Å². The van der Waals surface area contributed by atoms with E-state index >= 15 is 0 Å². The molecule has 2 atom stereocenters. The number of carbonyl (C=O) groups excluding carboxylic acids is 1. The summed E-state index contributed by atoms with van der Waals surface area (Å²) in [4.78, 5) is 36.8. The Labute approximate surface area is 232 Å². The van der Waals surface area contributed by atoms with Crippen molar-refractivity contribution in [3.8, 4) is 10.4 Å². The summed E-state index contributed by atoms with van der Waals surface area (Å²) in [6.07, 6.45) is 7.15. The number of anilines is 4. The number of nitrogens with one attached hydrogen (secondary N) is 2. The van der Waals surface area contributed by atoms with Gasteiger partial charge in [0.2, 0.25) is 11.4 Å². The number of carbonyl (C=O) groups is 1. The molecule has 1 aliphatic heterocycles. The summed E-state index contributed by atoms with van der Waals surface area (Å²) >= 11 is 3.03. The molecular weight excluding hydrogens is 538 g/mol. The zero-order valence-corrected chi connectivity index (χ0v) is 22.8. The lowest BCUT2D eigenvalue weighted by atomic mass is 9.91. The van der Waals surface area contributed by atoms with E-state index in [4.69, 9.17) is 20.6 Å². The first kappa shape index (κ1) is 25.7. The third-order valence-electron chi connectivity index (χ3n) is 7.07. The number of nitrogens with zero attached hydrogens (tertiary/aromatic N) is 3. The molecule has 2 aliphatic rings. The van der Waals surface area contributed by atoms with Gasteiger partial charge in [0.15, 0.2) is 5.58 Å². The van der Waals surface area contributed by atoms with Gasteiger partial charge in [-0.15, -0.1) is 22.7 Å². The quantitative estimate of drug-likeness (QED) is 0.259. The van der Waals surface area contributed by atoms with Crippen LogP contribution in [0.3, 0.4) is 0 Å². The molecule has 1 amide bonds. The predicted octanol–water partition coefficient (Wildman–Crippen LogP) is 3.73. The summed E-state index contributed by atoms with van der Waals surface area (Å²) in [6.45, 7) is 2.76. The number of furan rings is 1. The summed E-state index contributed by atoms with van der Waals surface area (Å²) in [7, 11) is 0. The number of aromatic nitrogens is 2. The first-order valence-electron chi connectivity index (χ1n) is 12.9. The van der Waals surface area contributed by atoms with Crippen LogP contribution in [-0.2, 0) is 4.74 Å². The van der Waals surface area contributed by atoms with E-state index < -0.39 is 5.91 Å². The molecule has 1 saturated heterocycles. The molecule has 6 rings (SSSR count). The summed E-state index contributed by atoms with van der Waals surface area (Å²) in [5.74, 6) is 0.0710.